The maximum absolute atomic E-state index is 12.0. The summed E-state index contributed by atoms with van der Waals surface area (Å²) in [6, 6.07) is 7.87. The standard InChI is InChI=1S/C12H17N3O/c1-15(2)14-12(16)11-10-6-4-3-5-9(10)7-8-13-11/h3-6,11,13H,7-8H2,1-2H3,(H,14,16). The number of hydrogen-bond donors (Lipinski definition) is 2. The smallest absolute Gasteiger partial charge is 0.255 e. The fraction of sp³-hybridized carbons (Fsp3) is 0.417. The number of nitrogens with one attached hydrogen (secondary N) is 2. The highest BCUT2D eigenvalue weighted by atomic mass is 16.2. The van der Waals surface area contributed by atoms with Gasteiger partial charge in [0.2, 0.25) is 0 Å². The number of fused-ring (bicyclic) bond motifs is 1. The molecule has 0 aliphatic carbocycles. The molecule has 1 atom stereocenters. The Bertz CT molecular complexity index is 390. The molecule has 16 heavy (non-hydrogen) atoms. The summed E-state index contributed by atoms with van der Waals surface area (Å²) >= 11 is 0. The Balaban J connectivity index is 2.21. The van der Waals surface area contributed by atoms with Crippen molar-refractivity contribution in [1.82, 2.24) is 15.8 Å². The highest BCUT2D eigenvalue weighted by Gasteiger charge is 2.25. The Labute approximate surface area is 95.6 Å². The van der Waals surface area contributed by atoms with Crippen molar-refractivity contribution in [3.05, 3.63) is 35.4 Å². The first-order chi connectivity index (χ1) is 7.68. The molecule has 0 bridgehead atoms. The zero-order valence-corrected chi connectivity index (χ0v) is 9.66. The summed E-state index contributed by atoms with van der Waals surface area (Å²) in [5.74, 6) is -0.00264. The van der Waals surface area contributed by atoms with Crippen molar-refractivity contribution >= 4 is 5.91 Å². The summed E-state index contributed by atoms with van der Waals surface area (Å²) in [4.78, 5) is 12.0. The number of amides is 1. The van der Waals surface area contributed by atoms with Crippen molar-refractivity contribution in [3.8, 4) is 0 Å². The molecule has 1 amide bonds. The van der Waals surface area contributed by atoms with Crippen molar-refractivity contribution in [2.24, 2.45) is 0 Å². The number of rotatable bonds is 2. The largest absolute Gasteiger partial charge is 0.302 e. The van der Waals surface area contributed by atoms with E-state index in [-0.39, 0.29) is 11.9 Å². The van der Waals surface area contributed by atoms with Crippen LogP contribution < -0.4 is 10.7 Å². The number of carbonyl (C=O) groups is 1. The lowest BCUT2D eigenvalue weighted by Gasteiger charge is -2.27. The van der Waals surface area contributed by atoms with Crippen molar-refractivity contribution in [3.63, 3.8) is 0 Å². The summed E-state index contributed by atoms with van der Waals surface area (Å²) < 4.78 is 0. The molecule has 2 rings (SSSR count). The van der Waals surface area contributed by atoms with E-state index in [0.717, 1.165) is 18.5 Å². The molecule has 1 heterocycles. The second kappa shape index (κ2) is 4.63. The van der Waals surface area contributed by atoms with Crippen molar-refractivity contribution in [1.29, 1.82) is 0 Å². The zero-order chi connectivity index (χ0) is 11.5. The van der Waals surface area contributed by atoms with Gasteiger partial charge in [-0.3, -0.25) is 10.2 Å². The number of carbonyl (C=O) groups excluding carboxylic acids is 1. The molecular weight excluding hydrogens is 202 g/mol. The summed E-state index contributed by atoms with van der Waals surface area (Å²) in [6.07, 6.45) is 0.988. The van der Waals surface area contributed by atoms with Gasteiger partial charge in [0.1, 0.15) is 6.04 Å². The van der Waals surface area contributed by atoms with Gasteiger partial charge in [0.25, 0.3) is 5.91 Å². The molecule has 1 aromatic carbocycles. The number of hydrazine groups is 1. The molecule has 4 heteroatoms. The minimum atomic E-state index is -0.229. The van der Waals surface area contributed by atoms with E-state index in [1.54, 1.807) is 5.01 Å². The minimum absolute atomic E-state index is 0.00264. The average Bonchev–Trinajstić information content (AvgIpc) is 2.27. The van der Waals surface area contributed by atoms with E-state index in [2.05, 4.69) is 16.8 Å². The van der Waals surface area contributed by atoms with Crippen LogP contribution in [0.5, 0.6) is 0 Å². The fourth-order valence-electron chi connectivity index (χ4n) is 2.02. The van der Waals surface area contributed by atoms with Crippen molar-refractivity contribution < 1.29 is 4.79 Å². The van der Waals surface area contributed by atoms with Crippen LogP contribution in [0.3, 0.4) is 0 Å². The van der Waals surface area contributed by atoms with Gasteiger partial charge in [-0.15, -0.1) is 0 Å². The molecule has 1 unspecified atom stereocenters. The molecule has 0 saturated carbocycles. The van der Waals surface area contributed by atoms with E-state index >= 15 is 0 Å². The van der Waals surface area contributed by atoms with Gasteiger partial charge in [-0.1, -0.05) is 24.3 Å². The van der Waals surface area contributed by atoms with Gasteiger partial charge in [0, 0.05) is 20.6 Å². The lowest BCUT2D eigenvalue weighted by atomic mass is 9.94. The third kappa shape index (κ3) is 2.23. The van der Waals surface area contributed by atoms with Crippen LogP contribution >= 0.6 is 0 Å². The summed E-state index contributed by atoms with van der Waals surface area (Å²) in [5.41, 5.74) is 5.14. The van der Waals surface area contributed by atoms with Crippen LogP contribution in [0.4, 0.5) is 0 Å². The molecule has 0 saturated heterocycles. The quantitative estimate of drug-likeness (QED) is 0.711. The summed E-state index contributed by atoms with van der Waals surface area (Å²) in [6.45, 7) is 0.850. The van der Waals surface area contributed by atoms with Gasteiger partial charge >= 0.3 is 0 Å². The second-order valence-electron chi connectivity index (χ2n) is 4.21. The first-order valence-electron chi connectivity index (χ1n) is 5.47. The van der Waals surface area contributed by atoms with Crippen LogP contribution in [0, 0.1) is 0 Å². The average molecular weight is 219 g/mol. The van der Waals surface area contributed by atoms with Crippen molar-refractivity contribution in [2.75, 3.05) is 20.6 Å². The number of benzene rings is 1. The molecule has 0 spiro atoms. The third-order valence-electron chi connectivity index (χ3n) is 2.70. The predicted octanol–water partition coefficient (Wildman–Crippen LogP) is 0.466. The van der Waals surface area contributed by atoms with Gasteiger partial charge in [-0.2, -0.15) is 0 Å². The number of hydrogen-bond acceptors (Lipinski definition) is 3. The molecule has 0 fully saturated rings. The molecule has 1 aliphatic heterocycles. The highest BCUT2D eigenvalue weighted by Crippen LogP contribution is 2.22. The van der Waals surface area contributed by atoms with Gasteiger partial charge in [0.15, 0.2) is 0 Å². The van der Waals surface area contributed by atoms with Gasteiger partial charge in [-0.05, 0) is 17.5 Å². The van der Waals surface area contributed by atoms with Crippen molar-refractivity contribution in [2.45, 2.75) is 12.5 Å². The Kier molecular flexibility index (Phi) is 3.22. The van der Waals surface area contributed by atoms with E-state index in [1.165, 1.54) is 5.56 Å². The monoisotopic (exact) mass is 219 g/mol. The molecule has 2 N–H and O–H groups in total. The fourth-order valence-corrected chi connectivity index (χ4v) is 2.02. The van der Waals surface area contributed by atoms with Gasteiger partial charge in [0.05, 0.1) is 0 Å². The Hall–Kier alpha value is -1.39. The van der Waals surface area contributed by atoms with Crippen LogP contribution in [-0.4, -0.2) is 31.6 Å². The van der Waals surface area contributed by atoms with E-state index in [1.807, 2.05) is 32.3 Å². The van der Waals surface area contributed by atoms with Gasteiger partial charge < -0.3 is 5.32 Å². The van der Waals surface area contributed by atoms with Crippen LogP contribution in [0.1, 0.15) is 17.2 Å². The van der Waals surface area contributed by atoms with Gasteiger partial charge in [-0.25, -0.2) is 5.01 Å². The molecule has 1 aromatic rings. The van der Waals surface area contributed by atoms with E-state index in [0.29, 0.717) is 0 Å². The SMILES string of the molecule is CN(C)NC(=O)C1NCCc2ccccc21. The molecule has 1 aliphatic rings. The molecule has 86 valence electrons. The van der Waals surface area contributed by atoms with Crippen LogP contribution in [0.25, 0.3) is 0 Å². The molecule has 0 radical (unpaired) electrons. The van der Waals surface area contributed by atoms with E-state index in [9.17, 15) is 4.79 Å². The summed E-state index contributed by atoms with van der Waals surface area (Å²) in [5, 5.41) is 4.91. The maximum atomic E-state index is 12.0. The minimum Gasteiger partial charge on any atom is -0.302 e. The zero-order valence-electron chi connectivity index (χ0n) is 9.66. The summed E-state index contributed by atoms with van der Waals surface area (Å²) in [7, 11) is 3.62. The Morgan fingerprint density at radius 1 is 1.44 bits per heavy atom. The lowest BCUT2D eigenvalue weighted by Crippen LogP contribution is -2.46. The van der Waals surface area contributed by atoms with Crippen LogP contribution in [0.15, 0.2) is 24.3 Å². The first-order valence-corrected chi connectivity index (χ1v) is 5.47. The molecule has 0 aromatic heterocycles. The lowest BCUT2D eigenvalue weighted by molar-refractivity contribution is -0.127. The predicted molar refractivity (Wildman–Crippen MR) is 62.7 cm³/mol. The van der Waals surface area contributed by atoms with E-state index in [4.69, 9.17) is 0 Å². The van der Waals surface area contributed by atoms with Crippen LogP contribution in [0.2, 0.25) is 0 Å². The topological polar surface area (TPSA) is 44.4 Å². The Morgan fingerprint density at radius 2 is 2.19 bits per heavy atom. The third-order valence-corrected chi connectivity index (χ3v) is 2.70. The first kappa shape index (κ1) is 11.1. The highest BCUT2D eigenvalue weighted by molar-refractivity contribution is 5.83. The van der Waals surface area contributed by atoms with Crippen LogP contribution in [-0.2, 0) is 11.2 Å². The molecule has 4 nitrogen and oxygen atoms in total. The molecular formula is C12H17N3O. The van der Waals surface area contributed by atoms with E-state index < -0.39 is 0 Å². The second-order valence-corrected chi connectivity index (χ2v) is 4.21. The maximum Gasteiger partial charge on any atom is 0.255 e. The normalized spacial score (nSPS) is 19.3. The Morgan fingerprint density at radius 3 is 2.94 bits per heavy atom. The number of nitrogens with zero attached hydrogens (tertiary/aromatic N) is 1.